The van der Waals surface area contributed by atoms with Crippen LogP contribution < -0.4 is 10.6 Å². The maximum Gasteiger partial charge on any atom is 0.348 e. The third kappa shape index (κ3) is 3.77. The van der Waals surface area contributed by atoms with Gasteiger partial charge in [0.2, 0.25) is 0 Å². The number of esters is 1. The van der Waals surface area contributed by atoms with E-state index in [-0.39, 0.29) is 5.91 Å². The van der Waals surface area contributed by atoms with Crippen LogP contribution in [0.3, 0.4) is 0 Å². The highest BCUT2D eigenvalue weighted by molar-refractivity contribution is 7.17. The topological polar surface area (TPSA) is 80.3 Å². The molecule has 0 radical (unpaired) electrons. The Labute approximate surface area is 141 Å². The first-order valence-electron chi connectivity index (χ1n) is 7.33. The zero-order valence-electron chi connectivity index (χ0n) is 12.6. The van der Waals surface area contributed by atoms with E-state index in [2.05, 4.69) is 20.4 Å². The molecule has 0 spiro atoms. The quantitative estimate of drug-likeness (QED) is 0.828. The molecule has 2 aromatic heterocycles. The van der Waals surface area contributed by atoms with Gasteiger partial charge in [0.25, 0.3) is 5.91 Å². The molecular formula is C15H17N3O3S2. The van der Waals surface area contributed by atoms with E-state index in [0.29, 0.717) is 20.8 Å². The number of ether oxygens (including phenoxy) is 1. The Bertz CT molecular complexity index is 704. The summed E-state index contributed by atoms with van der Waals surface area (Å²) in [6, 6.07) is 3.21. The summed E-state index contributed by atoms with van der Waals surface area (Å²) < 4.78 is 4.64. The molecule has 1 fully saturated rings. The molecule has 3 heterocycles. The summed E-state index contributed by atoms with van der Waals surface area (Å²) in [6.45, 7) is 2.05. The SMILES string of the molecule is COC(=O)c1ccc(C(=O)Nc2ncc(C3CCNCC3)s2)s1. The number of rotatable bonds is 4. The van der Waals surface area contributed by atoms with E-state index in [4.69, 9.17) is 0 Å². The van der Waals surface area contributed by atoms with Crippen LogP contribution in [-0.4, -0.2) is 37.1 Å². The van der Waals surface area contributed by atoms with E-state index in [0.717, 1.165) is 37.3 Å². The number of piperidine rings is 1. The fraction of sp³-hybridized carbons (Fsp3) is 0.400. The van der Waals surface area contributed by atoms with E-state index < -0.39 is 5.97 Å². The van der Waals surface area contributed by atoms with Gasteiger partial charge in [-0.1, -0.05) is 0 Å². The van der Waals surface area contributed by atoms with E-state index in [1.54, 1.807) is 12.1 Å². The van der Waals surface area contributed by atoms with Gasteiger partial charge < -0.3 is 10.1 Å². The molecule has 0 unspecified atom stereocenters. The van der Waals surface area contributed by atoms with Crippen LogP contribution in [0.25, 0.3) is 0 Å². The van der Waals surface area contributed by atoms with Crippen molar-refractivity contribution in [2.24, 2.45) is 0 Å². The molecule has 1 saturated heterocycles. The molecule has 23 heavy (non-hydrogen) atoms. The maximum atomic E-state index is 12.2. The predicted octanol–water partition coefficient (Wildman–Crippen LogP) is 2.71. The molecular weight excluding hydrogens is 334 g/mol. The van der Waals surface area contributed by atoms with Crippen molar-refractivity contribution in [2.45, 2.75) is 18.8 Å². The molecule has 0 atom stereocenters. The molecule has 0 aromatic carbocycles. The van der Waals surface area contributed by atoms with Crippen molar-refractivity contribution in [2.75, 3.05) is 25.5 Å². The third-order valence-corrected chi connectivity index (χ3v) is 5.84. The summed E-state index contributed by atoms with van der Waals surface area (Å²) in [4.78, 5) is 30.0. The summed E-state index contributed by atoms with van der Waals surface area (Å²) >= 11 is 2.63. The normalized spacial score (nSPS) is 15.3. The third-order valence-electron chi connectivity index (χ3n) is 3.70. The number of thiophene rings is 1. The first-order chi connectivity index (χ1) is 11.2. The molecule has 3 rings (SSSR count). The molecule has 6 nitrogen and oxygen atoms in total. The standard InChI is InChI=1S/C15H17N3O3S2/c1-21-14(20)11-3-2-10(22-11)13(19)18-15-17-8-12(23-15)9-4-6-16-7-5-9/h2-3,8-9,16H,4-7H2,1H3,(H,17,18,19). The molecule has 0 bridgehead atoms. The number of carbonyl (C=O) groups excluding carboxylic acids is 2. The van der Waals surface area contributed by atoms with Crippen LogP contribution in [0.4, 0.5) is 5.13 Å². The van der Waals surface area contributed by atoms with Crippen molar-refractivity contribution in [1.29, 1.82) is 0 Å². The largest absolute Gasteiger partial charge is 0.465 e. The van der Waals surface area contributed by atoms with E-state index in [1.807, 2.05) is 6.20 Å². The van der Waals surface area contributed by atoms with Gasteiger partial charge in [-0.15, -0.1) is 22.7 Å². The minimum atomic E-state index is -0.434. The summed E-state index contributed by atoms with van der Waals surface area (Å²) in [6.07, 6.45) is 4.05. The van der Waals surface area contributed by atoms with E-state index in [1.165, 1.54) is 23.3 Å². The van der Waals surface area contributed by atoms with Crippen LogP contribution in [-0.2, 0) is 4.74 Å². The number of amides is 1. The lowest BCUT2D eigenvalue weighted by atomic mass is 9.97. The second-order valence-corrected chi connectivity index (χ2v) is 7.35. The minimum Gasteiger partial charge on any atom is -0.465 e. The lowest BCUT2D eigenvalue weighted by Crippen LogP contribution is -2.26. The van der Waals surface area contributed by atoms with Crippen molar-refractivity contribution in [3.63, 3.8) is 0 Å². The first kappa shape index (κ1) is 16.1. The Morgan fingerprint density at radius 2 is 2.00 bits per heavy atom. The van der Waals surface area contributed by atoms with Gasteiger partial charge in [0, 0.05) is 11.1 Å². The van der Waals surface area contributed by atoms with Crippen molar-refractivity contribution >= 4 is 39.7 Å². The Kier molecular flexibility index (Phi) is 5.04. The molecule has 8 heteroatoms. The van der Waals surface area contributed by atoms with Gasteiger partial charge >= 0.3 is 5.97 Å². The predicted molar refractivity (Wildman–Crippen MR) is 90.6 cm³/mol. The second kappa shape index (κ2) is 7.20. The lowest BCUT2D eigenvalue weighted by molar-refractivity contribution is 0.0606. The van der Waals surface area contributed by atoms with Crippen LogP contribution in [0.5, 0.6) is 0 Å². The summed E-state index contributed by atoms with van der Waals surface area (Å²) in [7, 11) is 1.32. The number of carbonyl (C=O) groups is 2. The average molecular weight is 351 g/mol. The van der Waals surface area contributed by atoms with Crippen LogP contribution in [0.15, 0.2) is 18.3 Å². The smallest absolute Gasteiger partial charge is 0.348 e. The first-order valence-corrected chi connectivity index (χ1v) is 8.96. The molecule has 1 amide bonds. The van der Waals surface area contributed by atoms with Gasteiger partial charge in [-0.05, 0) is 44.0 Å². The number of anilines is 1. The van der Waals surface area contributed by atoms with Crippen molar-refractivity contribution in [3.05, 3.63) is 33.0 Å². The van der Waals surface area contributed by atoms with Crippen molar-refractivity contribution in [1.82, 2.24) is 10.3 Å². The highest BCUT2D eigenvalue weighted by atomic mass is 32.1. The molecule has 0 saturated carbocycles. The fourth-order valence-corrected chi connectivity index (χ4v) is 4.27. The summed E-state index contributed by atoms with van der Waals surface area (Å²) in [5.74, 6) is -0.167. The second-order valence-electron chi connectivity index (χ2n) is 5.20. The van der Waals surface area contributed by atoms with E-state index in [9.17, 15) is 9.59 Å². The lowest BCUT2D eigenvalue weighted by Gasteiger charge is -2.20. The molecule has 2 N–H and O–H groups in total. The number of nitrogens with zero attached hydrogens (tertiary/aromatic N) is 1. The number of hydrogen-bond acceptors (Lipinski definition) is 7. The Balaban J connectivity index is 1.64. The van der Waals surface area contributed by atoms with Gasteiger partial charge in [0.05, 0.1) is 12.0 Å². The van der Waals surface area contributed by atoms with Crippen molar-refractivity contribution in [3.8, 4) is 0 Å². The minimum absolute atomic E-state index is 0.253. The highest BCUT2D eigenvalue weighted by Crippen LogP contribution is 2.32. The van der Waals surface area contributed by atoms with Gasteiger partial charge in [-0.25, -0.2) is 9.78 Å². The number of methoxy groups -OCH3 is 1. The number of aromatic nitrogens is 1. The summed E-state index contributed by atoms with van der Waals surface area (Å²) in [5, 5.41) is 6.73. The van der Waals surface area contributed by atoms with Crippen LogP contribution >= 0.6 is 22.7 Å². The zero-order chi connectivity index (χ0) is 16.2. The van der Waals surface area contributed by atoms with Crippen LogP contribution in [0, 0.1) is 0 Å². The molecule has 0 aliphatic carbocycles. The number of thiazole rings is 1. The van der Waals surface area contributed by atoms with Crippen molar-refractivity contribution < 1.29 is 14.3 Å². The highest BCUT2D eigenvalue weighted by Gasteiger charge is 2.19. The Hall–Kier alpha value is -1.77. The van der Waals surface area contributed by atoms with Gasteiger partial charge in [-0.3, -0.25) is 10.1 Å². The Morgan fingerprint density at radius 1 is 1.26 bits per heavy atom. The fourth-order valence-electron chi connectivity index (χ4n) is 2.47. The molecule has 1 aliphatic heterocycles. The summed E-state index contributed by atoms with van der Waals surface area (Å²) in [5.41, 5.74) is 0. The Morgan fingerprint density at radius 3 is 2.74 bits per heavy atom. The van der Waals surface area contributed by atoms with Gasteiger partial charge in [-0.2, -0.15) is 0 Å². The maximum absolute atomic E-state index is 12.2. The molecule has 2 aromatic rings. The monoisotopic (exact) mass is 351 g/mol. The average Bonchev–Trinajstić information content (AvgIpc) is 3.24. The van der Waals surface area contributed by atoms with Gasteiger partial charge in [0.1, 0.15) is 4.88 Å². The number of hydrogen-bond donors (Lipinski definition) is 2. The van der Waals surface area contributed by atoms with E-state index >= 15 is 0 Å². The van der Waals surface area contributed by atoms with Crippen LogP contribution in [0.2, 0.25) is 0 Å². The molecule has 1 aliphatic rings. The van der Waals surface area contributed by atoms with Crippen LogP contribution in [0.1, 0.15) is 43.0 Å². The van der Waals surface area contributed by atoms with Gasteiger partial charge in [0.15, 0.2) is 5.13 Å². The zero-order valence-corrected chi connectivity index (χ0v) is 14.3. The number of nitrogens with one attached hydrogen (secondary N) is 2. The molecule has 122 valence electrons.